The van der Waals surface area contributed by atoms with E-state index in [2.05, 4.69) is 34.3 Å². The van der Waals surface area contributed by atoms with Crippen molar-refractivity contribution in [1.29, 1.82) is 0 Å². The number of hydrogen-bond acceptors (Lipinski definition) is 3. The van der Waals surface area contributed by atoms with Crippen LogP contribution >= 0.6 is 0 Å². The number of hydrazone groups is 1. The average molecular weight is 256 g/mol. The van der Waals surface area contributed by atoms with E-state index in [4.69, 9.17) is 0 Å². The summed E-state index contributed by atoms with van der Waals surface area (Å²) in [6.07, 6.45) is 3.79. The molecule has 2 atom stereocenters. The van der Waals surface area contributed by atoms with Crippen LogP contribution in [0.5, 0.6) is 0 Å². The third-order valence-corrected chi connectivity index (χ3v) is 3.96. The van der Waals surface area contributed by atoms with Gasteiger partial charge in [-0.25, -0.2) is 10.4 Å². The van der Waals surface area contributed by atoms with E-state index in [9.17, 15) is 0 Å². The molecular weight excluding hydrogens is 236 g/mol. The fourth-order valence-electron chi connectivity index (χ4n) is 2.86. The number of aromatic amines is 1. The lowest BCUT2D eigenvalue weighted by Gasteiger charge is -2.26. The standard InChI is InChI=1S/C15H20N4/c1-10-6-5-7-11(2)14(10)18-19-15-16-12-8-3-4-9-13(12)17-15/h3-4,8-11H,5-7H2,1-2H3,(H2,16,17,19)/t10-,11+. The summed E-state index contributed by atoms with van der Waals surface area (Å²) in [5.74, 6) is 1.86. The van der Waals surface area contributed by atoms with Crippen molar-refractivity contribution >= 4 is 22.7 Å². The van der Waals surface area contributed by atoms with Crippen molar-refractivity contribution in [1.82, 2.24) is 9.97 Å². The molecule has 4 nitrogen and oxygen atoms in total. The number of benzene rings is 1. The van der Waals surface area contributed by atoms with Gasteiger partial charge in [-0.05, 0) is 36.8 Å². The van der Waals surface area contributed by atoms with E-state index < -0.39 is 0 Å². The number of anilines is 1. The van der Waals surface area contributed by atoms with Gasteiger partial charge in [0, 0.05) is 5.71 Å². The first kappa shape index (κ1) is 12.2. The molecule has 2 aromatic rings. The number of fused-ring (bicyclic) bond motifs is 1. The van der Waals surface area contributed by atoms with Gasteiger partial charge in [-0.3, -0.25) is 0 Å². The van der Waals surface area contributed by atoms with Crippen LogP contribution in [-0.2, 0) is 0 Å². The third-order valence-electron chi connectivity index (χ3n) is 3.96. The number of hydrogen-bond donors (Lipinski definition) is 2. The maximum Gasteiger partial charge on any atom is 0.222 e. The van der Waals surface area contributed by atoms with Gasteiger partial charge < -0.3 is 4.98 Å². The fourth-order valence-corrected chi connectivity index (χ4v) is 2.86. The maximum atomic E-state index is 4.58. The Balaban J connectivity index is 1.80. The Hall–Kier alpha value is -1.84. The largest absolute Gasteiger partial charge is 0.323 e. The number of H-pyrrole nitrogens is 1. The lowest BCUT2D eigenvalue weighted by molar-refractivity contribution is 0.486. The number of para-hydroxylation sites is 2. The highest BCUT2D eigenvalue weighted by atomic mass is 15.4. The van der Waals surface area contributed by atoms with E-state index in [1.165, 1.54) is 25.0 Å². The van der Waals surface area contributed by atoms with Crippen LogP contribution in [0.4, 0.5) is 5.95 Å². The Morgan fingerprint density at radius 1 is 1.21 bits per heavy atom. The smallest absolute Gasteiger partial charge is 0.222 e. The molecule has 1 aromatic heterocycles. The van der Waals surface area contributed by atoms with Gasteiger partial charge in [0.15, 0.2) is 0 Å². The lowest BCUT2D eigenvalue weighted by Crippen LogP contribution is -2.25. The molecule has 1 aliphatic rings. The zero-order valence-electron chi connectivity index (χ0n) is 11.5. The zero-order chi connectivity index (χ0) is 13.2. The minimum Gasteiger partial charge on any atom is -0.323 e. The minimum atomic E-state index is 0.570. The first-order chi connectivity index (χ1) is 9.24. The van der Waals surface area contributed by atoms with E-state index >= 15 is 0 Å². The highest BCUT2D eigenvalue weighted by Crippen LogP contribution is 2.26. The Bertz CT molecular complexity index is 554. The first-order valence-corrected chi connectivity index (χ1v) is 7.02. The molecule has 0 saturated heterocycles. The SMILES string of the molecule is C[C@@H]1CCC[C@H](C)C1=NNc1nc2ccccc2[nH]1. The molecule has 100 valence electrons. The molecule has 0 amide bonds. The summed E-state index contributed by atoms with van der Waals surface area (Å²) in [7, 11) is 0. The Kier molecular flexibility index (Phi) is 3.23. The quantitative estimate of drug-likeness (QED) is 0.803. The summed E-state index contributed by atoms with van der Waals surface area (Å²) in [6.45, 7) is 4.52. The van der Waals surface area contributed by atoms with E-state index in [0.717, 1.165) is 17.0 Å². The van der Waals surface area contributed by atoms with Gasteiger partial charge in [0.1, 0.15) is 0 Å². The molecular formula is C15H20N4. The topological polar surface area (TPSA) is 53.1 Å². The van der Waals surface area contributed by atoms with Crippen molar-refractivity contribution in [3.05, 3.63) is 24.3 Å². The minimum absolute atomic E-state index is 0.570. The molecule has 0 radical (unpaired) electrons. The van der Waals surface area contributed by atoms with E-state index in [1.54, 1.807) is 0 Å². The summed E-state index contributed by atoms with van der Waals surface area (Å²) in [4.78, 5) is 7.71. The highest BCUT2D eigenvalue weighted by molar-refractivity contribution is 5.89. The molecule has 1 aliphatic carbocycles. The molecule has 4 heteroatoms. The number of nitrogens with one attached hydrogen (secondary N) is 2. The third kappa shape index (κ3) is 2.48. The van der Waals surface area contributed by atoms with Crippen molar-refractivity contribution in [2.24, 2.45) is 16.9 Å². The van der Waals surface area contributed by atoms with Crippen LogP contribution in [0.3, 0.4) is 0 Å². The predicted molar refractivity (Wildman–Crippen MR) is 79.3 cm³/mol. The van der Waals surface area contributed by atoms with Crippen molar-refractivity contribution in [3.63, 3.8) is 0 Å². The summed E-state index contributed by atoms with van der Waals surface area (Å²) < 4.78 is 0. The van der Waals surface area contributed by atoms with Gasteiger partial charge in [-0.2, -0.15) is 5.10 Å². The Labute approximate surface area is 113 Å². The predicted octanol–water partition coefficient (Wildman–Crippen LogP) is 3.79. The summed E-state index contributed by atoms with van der Waals surface area (Å²) in [5.41, 5.74) is 6.36. The second kappa shape index (κ2) is 5.03. The number of rotatable bonds is 2. The monoisotopic (exact) mass is 256 g/mol. The second-order valence-corrected chi connectivity index (χ2v) is 5.48. The molecule has 0 bridgehead atoms. The molecule has 1 saturated carbocycles. The van der Waals surface area contributed by atoms with Gasteiger partial charge in [0.2, 0.25) is 5.95 Å². The average Bonchev–Trinajstić information content (AvgIpc) is 2.81. The number of nitrogens with zero attached hydrogens (tertiary/aromatic N) is 2. The van der Waals surface area contributed by atoms with Gasteiger partial charge in [-0.1, -0.05) is 32.4 Å². The fraction of sp³-hybridized carbons (Fsp3) is 0.467. The van der Waals surface area contributed by atoms with Gasteiger partial charge in [0.05, 0.1) is 11.0 Å². The van der Waals surface area contributed by atoms with Gasteiger partial charge >= 0.3 is 0 Å². The van der Waals surface area contributed by atoms with E-state index in [0.29, 0.717) is 11.8 Å². The van der Waals surface area contributed by atoms with Crippen molar-refractivity contribution in [3.8, 4) is 0 Å². The van der Waals surface area contributed by atoms with E-state index in [1.807, 2.05) is 24.3 Å². The molecule has 0 aliphatic heterocycles. The zero-order valence-corrected chi connectivity index (χ0v) is 11.5. The molecule has 19 heavy (non-hydrogen) atoms. The summed E-state index contributed by atoms with van der Waals surface area (Å²) >= 11 is 0. The van der Waals surface area contributed by atoms with Crippen LogP contribution < -0.4 is 5.43 Å². The molecule has 3 rings (SSSR count). The second-order valence-electron chi connectivity index (χ2n) is 5.48. The number of imidazole rings is 1. The van der Waals surface area contributed by atoms with Crippen LogP contribution in [0.1, 0.15) is 33.1 Å². The molecule has 1 heterocycles. The normalized spacial score (nSPS) is 25.9. The first-order valence-electron chi connectivity index (χ1n) is 7.02. The lowest BCUT2D eigenvalue weighted by atomic mass is 9.81. The summed E-state index contributed by atoms with van der Waals surface area (Å²) in [5, 5.41) is 4.58. The van der Waals surface area contributed by atoms with Crippen molar-refractivity contribution in [2.75, 3.05) is 5.43 Å². The molecule has 2 N–H and O–H groups in total. The highest BCUT2D eigenvalue weighted by Gasteiger charge is 2.22. The van der Waals surface area contributed by atoms with Crippen molar-refractivity contribution < 1.29 is 0 Å². The molecule has 0 spiro atoms. The van der Waals surface area contributed by atoms with E-state index in [-0.39, 0.29) is 0 Å². The molecule has 1 fully saturated rings. The van der Waals surface area contributed by atoms with Crippen LogP contribution in [0.25, 0.3) is 11.0 Å². The van der Waals surface area contributed by atoms with Crippen molar-refractivity contribution in [2.45, 2.75) is 33.1 Å². The number of aromatic nitrogens is 2. The van der Waals surface area contributed by atoms with Crippen LogP contribution in [0, 0.1) is 11.8 Å². The van der Waals surface area contributed by atoms with Gasteiger partial charge in [-0.15, -0.1) is 0 Å². The van der Waals surface area contributed by atoms with Gasteiger partial charge in [0.25, 0.3) is 0 Å². The van der Waals surface area contributed by atoms with Crippen LogP contribution in [-0.4, -0.2) is 15.7 Å². The van der Waals surface area contributed by atoms with Crippen LogP contribution in [0.2, 0.25) is 0 Å². The van der Waals surface area contributed by atoms with Crippen LogP contribution in [0.15, 0.2) is 29.4 Å². The Morgan fingerprint density at radius 3 is 2.68 bits per heavy atom. The molecule has 0 unspecified atom stereocenters. The summed E-state index contributed by atoms with van der Waals surface area (Å²) in [6, 6.07) is 8.01. The molecule has 1 aromatic carbocycles. The maximum absolute atomic E-state index is 4.58. The Morgan fingerprint density at radius 2 is 1.95 bits per heavy atom.